The van der Waals surface area contributed by atoms with Gasteiger partial charge < -0.3 is 34.8 Å². The van der Waals surface area contributed by atoms with Gasteiger partial charge in [-0.05, 0) is 89.2 Å². The summed E-state index contributed by atoms with van der Waals surface area (Å²) in [5.41, 5.74) is 12.1. The van der Waals surface area contributed by atoms with Crippen molar-refractivity contribution < 1.29 is 24.2 Å². The maximum Gasteiger partial charge on any atom is 2.00 e. The Kier molecular flexibility index (Phi) is 14.1. The van der Waals surface area contributed by atoms with E-state index < -0.39 is 18.0 Å². The minimum Gasteiger partial charge on any atom is -0.664 e. The number of allylic oxidation sites excluding steroid dienone is 3. The average molecular weight is 771 g/mol. The van der Waals surface area contributed by atoms with Gasteiger partial charge in [0.05, 0.1) is 13.2 Å². The fourth-order valence-electron chi connectivity index (χ4n) is 8.72. The molecule has 8 bridgehead atoms. The summed E-state index contributed by atoms with van der Waals surface area (Å²) in [4.78, 5) is 42.2. The van der Waals surface area contributed by atoms with Crippen molar-refractivity contribution in [2.45, 2.75) is 120 Å². The second kappa shape index (κ2) is 18.2. The van der Waals surface area contributed by atoms with Crippen molar-refractivity contribution in [2.24, 2.45) is 23.7 Å². The Morgan fingerprint density at radius 1 is 0.911 bits per heavy atom. The maximum absolute atomic E-state index is 13.6. The minimum atomic E-state index is -1.17. The summed E-state index contributed by atoms with van der Waals surface area (Å²) in [5, 5.41) is 18.9. The minimum absolute atomic E-state index is 0. The smallest absolute Gasteiger partial charge is 0.664 e. The summed E-state index contributed by atoms with van der Waals surface area (Å²) in [7, 11) is 1.34. The third-order valence-corrected chi connectivity index (χ3v) is 12.5. The molecule has 1 fully saturated rings. The number of methoxy groups -OCH3 is 1. The van der Waals surface area contributed by atoms with Crippen molar-refractivity contribution in [3.63, 3.8) is 0 Å². The summed E-state index contributed by atoms with van der Waals surface area (Å²) < 4.78 is 11.0. The molecule has 0 amide bonds. The van der Waals surface area contributed by atoms with Crippen LogP contribution in [-0.4, -0.2) is 53.8 Å². The van der Waals surface area contributed by atoms with Crippen molar-refractivity contribution in [1.29, 1.82) is 0 Å². The van der Waals surface area contributed by atoms with Gasteiger partial charge in [0.2, 0.25) is 0 Å². The van der Waals surface area contributed by atoms with Gasteiger partial charge >= 0.3 is 35.0 Å². The second-order valence-electron chi connectivity index (χ2n) is 15.9. The molecule has 2 aliphatic heterocycles. The summed E-state index contributed by atoms with van der Waals surface area (Å²) in [6.45, 7) is 19.4. The number of esters is 2. The molecule has 5 heterocycles. The molecule has 0 unspecified atom stereocenters. The van der Waals surface area contributed by atoms with Crippen molar-refractivity contribution in [3.05, 3.63) is 95.2 Å². The molecule has 0 radical (unpaired) electrons. The third-order valence-electron chi connectivity index (χ3n) is 12.5. The molecule has 9 nitrogen and oxygen atoms in total. The molecule has 3 aromatic rings. The number of hydrogen-bond donors (Lipinski definition) is 1. The zero-order valence-corrected chi connectivity index (χ0v) is 36.6. The van der Waals surface area contributed by atoms with Crippen LogP contribution in [0.5, 0.6) is 0 Å². The van der Waals surface area contributed by atoms with Crippen LogP contribution in [0.2, 0.25) is 0 Å². The fraction of sp³-hybridized carbons (Fsp3) is 0.522. The number of nitrogens with zero attached hydrogens (tertiary/aromatic N) is 4. The first-order valence-corrected chi connectivity index (χ1v) is 20.3. The molecule has 0 aromatic carbocycles. The summed E-state index contributed by atoms with van der Waals surface area (Å²) in [5.74, 6) is -1.50. The van der Waals surface area contributed by atoms with E-state index >= 15 is 0 Å². The van der Waals surface area contributed by atoms with E-state index in [1.54, 1.807) is 0 Å². The number of fused-ring (bicyclic) bond motifs is 7. The largest absolute Gasteiger partial charge is 2.00 e. The Bertz CT molecular complexity index is 2180. The Morgan fingerprint density at radius 3 is 2.29 bits per heavy atom. The van der Waals surface area contributed by atoms with Crippen LogP contribution in [-0.2, 0) is 31.9 Å². The number of carbonyl (C=O) groups is 2. The number of aromatic nitrogens is 3. The van der Waals surface area contributed by atoms with Crippen LogP contribution in [0.15, 0.2) is 23.0 Å². The van der Waals surface area contributed by atoms with Gasteiger partial charge in [-0.3, -0.25) is 9.59 Å². The van der Waals surface area contributed by atoms with E-state index in [-0.39, 0.29) is 53.9 Å². The van der Waals surface area contributed by atoms with Crippen LogP contribution in [0.25, 0.3) is 29.1 Å². The van der Waals surface area contributed by atoms with E-state index in [4.69, 9.17) is 29.7 Å². The van der Waals surface area contributed by atoms with Crippen LogP contribution in [0.1, 0.15) is 142 Å². The van der Waals surface area contributed by atoms with Crippen molar-refractivity contribution in [1.82, 2.24) is 15.0 Å². The number of ether oxygens (including phenoxy) is 2. The zero-order chi connectivity index (χ0) is 39.7. The monoisotopic (exact) mass is 770 g/mol. The van der Waals surface area contributed by atoms with E-state index in [1.807, 2.05) is 25.2 Å². The van der Waals surface area contributed by atoms with E-state index in [0.29, 0.717) is 34.6 Å². The molecule has 0 saturated carbocycles. The summed E-state index contributed by atoms with van der Waals surface area (Å²) in [6.07, 6.45) is 13.7. The number of rotatable bonds is 13. The number of aliphatic hydroxyl groups excluding tert-OH is 1. The van der Waals surface area contributed by atoms with Crippen molar-refractivity contribution in [2.75, 3.05) is 13.7 Å². The zero-order valence-electron chi connectivity index (χ0n) is 35.1. The number of carbonyl (C=O) groups excluding carboxylic acids is 2. The van der Waals surface area contributed by atoms with E-state index in [2.05, 4.69) is 61.5 Å². The van der Waals surface area contributed by atoms with Gasteiger partial charge in [0, 0.05) is 6.42 Å². The predicted octanol–water partition coefficient (Wildman–Crippen LogP) is 6.91. The van der Waals surface area contributed by atoms with Crippen LogP contribution >= 0.6 is 0 Å². The van der Waals surface area contributed by atoms with Gasteiger partial charge in [0.25, 0.3) is 0 Å². The molecule has 1 saturated heterocycles. The molecule has 296 valence electrons. The first-order chi connectivity index (χ1) is 26.3. The summed E-state index contributed by atoms with van der Waals surface area (Å²) >= 11 is 0. The Morgan fingerprint density at radius 2 is 1.61 bits per heavy atom. The first-order valence-electron chi connectivity index (χ1n) is 20.3. The number of hydrogen-bond acceptors (Lipinski definition) is 5. The molecular formula is C46H58MgN4O5-2. The van der Waals surface area contributed by atoms with Crippen molar-refractivity contribution in [3.8, 4) is 0 Å². The first kappa shape index (κ1) is 43.4. The average Bonchev–Trinajstić information content (AvgIpc) is 3.90. The SMILES string of the molecule is CCc1c2[n-]c(c1C)/C=C1\[N-]/C(=C3\c4[n-]c(c(C)c4[C@H](O)[C@@H]3C(=O)OC)/C=c3\[n-]/c(c(C)c3CC)=C\2)[C@@H](CCC(=O)OC/C=C(\C)CCC[C@@H](C)CC)[C@@H]1C.[Mg+2]. The molecule has 1 aliphatic carbocycles. The molecule has 3 aromatic heterocycles. The van der Waals surface area contributed by atoms with Gasteiger partial charge in [0.15, 0.2) is 0 Å². The molecule has 10 heteroatoms. The molecule has 1 N–H and O–H groups in total. The van der Waals surface area contributed by atoms with Crippen LogP contribution in [0, 0.1) is 44.4 Å². The van der Waals surface area contributed by atoms with Gasteiger partial charge in [-0.15, -0.1) is 33.5 Å². The topological polar surface area (TPSA) is 129 Å². The molecule has 3 aliphatic rings. The predicted molar refractivity (Wildman–Crippen MR) is 223 cm³/mol. The quantitative estimate of drug-likeness (QED) is 0.113. The van der Waals surface area contributed by atoms with E-state index in [1.165, 1.54) is 25.5 Å². The van der Waals surface area contributed by atoms with Gasteiger partial charge in [-0.1, -0.05) is 105 Å². The Hall–Kier alpha value is -3.73. The molecule has 6 rings (SSSR count). The third kappa shape index (κ3) is 8.30. The normalized spacial score (nSPS) is 23.9. The van der Waals surface area contributed by atoms with E-state index in [9.17, 15) is 14.7 Å². The van der Waals surface area contributed by atoms with Gasteiger partial charge in [-0.2, -0.15) is 11.4 Å². The summed E-state index contributed by atoms with van der Waals surface area (Å²) in [6, 6.07) is 0. The van der Waals surface area contributed by atoms with Gasteiger partial charge in [0.1, 0.15) is 12.5 Å². The van der Waals surface area contributed by atoms with Crippen LogP contribution < -0.4 is 25.7 Å². The molecule has 0 spiro atoms. The maximum atomic E-state index is 13.6. The van der Waals surface area contributed by atoms with Crippen LogP contribution in [0.4, 0.5) is 0 Å². The standard InChI is InChI=1S/C46H58N4O5.Mg/c1-11-24(4)15-14-16-25(5)19-20-55-39(51)18-17-32-28(8)35-21-33-26(6)30(12-2)37(47-33)22-34-27(7)31(13-3)38(48-34)23-36-29(9)40-44(50-36)41(43(32)49-35)42(45(40)52)46(53)54-10;/h19,21-24,28,32,42,45,52H,11-18,20H2,1-10H3;/q-4;+2/b25-19+,34-22-,35-21-,38-23-,43-41-;/t24-,28-,32-,42+,45-;/m0./s1. The fourth-order valence-corrected chi connectivity index (χ4v) is 8.72. The Labute approximate surface area is 348 Å². The Balaban J connectivity index is 0.00000600. The number of aliphatic hydroxyl groups is 1. The molecule has 5 atom stereocenters. The molecule has 56 heavy (non-hydrogen) atoms. The van der Waals surface area contributed by atoms with Gasteiger partial charge in [-0.25, -0.2) is 0 Å². The van der Waals surface area contributed by atoms with E-state index in [0.717, 1.165) is 87.2 Å². The van der Waals surface area contributed by atoms with Crippen molar-refractivity contribution >= 4 is 58.8 Å². The van der Waals surface area contributed by atoms with Crippen LogP contribution in [0.3, 0.4) is 0 Å². The second-order valence-corrected chi connectivity index (χ2v) is 15.9. The molecular weight excluding hydrogens is 713 g/mol.